The Kier molecular flexibility index (Phi) is 4.35. The number of nitrogens with zero attached hydrogens (tertiary/aromatic N) is 1. The van der Waals surface area contributed by atoms with Crippen LogP contribution in [0.2, 0.25) is 0 Å². The second-order valence-corrected chi connectivity index (χ2v) is 4.55. The Balaban J connectivity index is 2.24. The van der Waals surface area contributed by atoms with Gasteiger partial charge in [-0.2, -0.15) is 0 Å². The number of fused-ring (bicyclic) bond motifs is 1. The van der Waals surface area contributed by atoms with Gasteiger partial charge in [0.25, 0.3) is 0 Å². The first kappa shape index (κ1) is 14.1. The number of anilines is 1. The number of hydrogen-bond acceptors (Lipinski definition) is 4. The second-order valence-electron chi connectivity index (χ2n) is 4.55. The number of nitrogens with one attached hydrogen (secondary N) is 1. The molecule has 0 fully saturated rings. The molecule has 0 radical (unpaired) electrons. The maximum Gasteiger partial charge on any atom is 0.332 e. The van der Waals surface area contributed by atoms with Crippen molar-refractivity contribution in [1.29, 1.82) is 0 Å². The minimum Gasteiger partial charge on any atom is -0.463 e. The van der Waals surface area contributed by atoms with Crippen LogP contribution in [0.25, 0.3) is 10.9 Å². The van der Waals surface area contributed by atoms with Crippen LogP contribution in [-0.2, 0) is 9.53 Å². The topological polar surface area (TPSA) is 51.2 Å². The van der Waals surface area contributed by atoms with E-state index in [1.807, 2.05) is 44.2 Å². The molecule has 0 aliphatic rings. The molecule has 0 spiro atoms. The molecule has 0 bridgehead atoms. The maximum atomic E-state index is 11.4. The van der Waals surface area contributed by atoms with Crippen LogP contribution in [-0.4, -0.2) is 17.6 Å². The quantitative estimate of drug-likeness (QED) is 0.683. The molecule has 2 rings (SSSR count). The van der Waals surface area contributed by atoms with Crippen LogP contribution in [0.4, 0.5) is 5.82 Å². The third-order valence-corrected chi connectivity index (χ3v) is 2.87. The first-order valence-corrected chi connectivity index (χ1v) is 6.58. The van der Waals surface area contributed by atoms with Gasteiger partial charge in [-0.25, -0.2) is 9.78 Å². The minimum atomic E-state index is -0.352. The Morgan fingerprint density at radius 1 is 1.40 bits per heavy atom. The fourth-order valence-electron chi connectivity index (χ4n) is 2.01. The van der Waals surface area contributed by atoms with Crippen LogP contribution < -0.4 is 5.32 Å². The normalized spacial score (nSPS) is 11.4. The van der Waals surface area contributed by atoms with Crippen LogP contribution in [0.1, 0.15) is 19.4 Å². The van der Waals surface area contributed by atoms with Crippen LogP contribution in [0, 0.1) is 6.92 Å². The molecule has 1 aromatic carbocycles. The van der Waals surface area contributed by atoms with E-state index in [1.54, 1.807) is 6.92 Å². The highest BCUT2D eigenvalue weighted by Gasteiger charge is 2.03. The summed E-state index contributed by atoms with van der Waals surface area (Å²) in [6.07, 6.45) is 1.43. The van der Waals surface area contributed by atoms with E-state index in [2.05, 4.69) is 10.3 Å². The van der Waals surface area contributed by atoms with E-state index in [9.17, 15) is 4.79 Å². The molecular formula is C16H18N2O2. The van der Waals surface area contributed by atoms with Crippen molar-refractivity contribution in [3.63, 3.8) is 0 Å². The summed E-state index contributed by atoms with van der Waals surface area (Å²) < 4.78 is 4.87. The molecule has 0 unspecified atom stereocenters. The number of esters is 1. The van der Waals surface area contributed by atoms with E-state index in [0.29, 0.717) is 12.3 Å². The standard InChI is InChI=1S/C16H18N2O2/c1-4-20-16(19)10-12(3)17-15-9-11(2)13-7-5-6-8-14(13)18-15/h5-10H,4H2,1-3H3,(H,17,18). The van der Waals surface area contributed by atoms with Gasteiger partial charge >= 0.3 is 5.97 Å². The Bertz CT molecular complexity index is 663. The number of allylic oxidation sites excluding steroid dienone is 1. The molecule has 0 saturated carbocycles. The third-order valence-electron chi connectivity index (χ3n) is 2.87. The highest BCUT2D eigenvalue weighted by Crippen LogP contribution is 2.20. The lowest BCUT2D eigenvalue weighted by molar-refractivity contribution is -0.137. The zero-order valence-electron chi connectivity index (χ0n) is 11.9. The van der Waals surface area contributed by atoms with Crippen LogP contribution >= 0.6 is 0 Å². The first-order chi connectivity index (χ1) is 9.60. The van der Waals surface area contributed by atoms with E-state index in [-0.39, 0.29) is 5.97 Å². The van der Waals surface area contributed by atoms with Gasteiger partial charge in [-0.05, 0) is 38.5 Å². The van der Waals surface area contributed by atoms with Crippen LogP contribution in [0.15, 0.2) is 42.1 Å². The number of pyridine rings is 1. The number of benzene rings is 1. The molecule has 1 aromatic heterocycles. The zero-order valence-corrected chi connectivity index (χ0v) is 11.9. The largest absolute Gasteiger partial charge is 0.463 e. The summed E-state index contributed by atoms with van der Waals surface area (Å²) in [6, 6.07) is 9.93. The Morgan fingerprint density at radius 2 is 2.15 bits per heavy atom. The molecule has 1 heterocycles. The van der Waals surface area contributed by atoms with Gasteiger partial charge in [0, 0.05) is 17.2 Å². The predicted molar refractivity (Wildman–Crippen MR) is 80.5 cm³/mol. The molecule has 20 heavy (non-hydrogen) atoms. The van der Waals surface area contributed by atoms with Crippen LogP contribution in [0.5, 0.6) is 0 Å². The van der Waals surface area contributed by atoms with Crippen molar-refractivity contribution in [1.82, 2.24) is 4.98 Å². The number of hydrogen-bond donors (Lipinski definition) is 1. The van der Waals surface area contributed by atoms with E-state index in [1.165, 1.54) is 6.08 Å². The first-order valence-electron chi connectivity index (χ1n) is 6.58. The molecule has 104 valence electrons. The highest BCUT2D eigenvalue weighted by molar-refractivity contribution is 5.85. The van der Waals surface area contributed by atoms with Gasteiger partial charge in [0.15, 0.2) is 0 Å². The van der Waals surface area contributed by atoms with Gasteiger partial charge in [-0.1, -0.05) is 18.2 Å². The maximum absolute atomic E-state index is 11.4. The second kappa shape index (κ2) is 6.19. The van der Waals surface area contributed by atoms with Crippen molar-refractivity contribution in [3.8, 4) is 0 Å². The lowest BCUT2D eigenvalue weighted by Gasteiger charge is -2.09. The summed E-state index contributed by atoms with van der Waals surface area (Å²) in [5.74, 6) is 0.370. The fraction of sp³-hybridized carbons (Fsp3) is 0.250. The minimum absolute atomic E-state index is 0.352. The number of aromatic nitrogens is 1. The van der Waals surface area contributed by atoms with E-state index in [0.717, 1.165) is 22.3 Å². The molecule has 1 N–H and O–H groups in total. The molecule has 0 aliphatic heterocycles. The zero-order chi connectivity index (χ0) is 14.5. The van der Waals surface area contributed by atoms with Crippen molar-refractivity contribution in [2.45, 2.75) is 20.8 Å². The summed E-state index contributed by atoms with van der Waals surface area (Å²) in [4.78, 5) is 15.9. The van der Waals surface area contributed by atoms with Gasteiger partial charge in [0.1, 0.15) is 5.82 Å². The molecule has 2 aromatic rings. The Hall–Kier alpha value is -2.36. The van der Waals surface area contributed by atoms with Gasteiger partial charge < -0.3 is 10.1 Å². The van der Waals surface area contributed by atoms with Crippen molar-refractivity contribution >= 4 is 22.7 Å². The monoisotopic (exact) mass is 270 g/mol. The average molecular weight is 270 g/mol. The summed E-state index contributed by atoms with van der Waals surface area (Å²) in [5.41, 5.74) is 2.77. The van der Waals surface area contributed by atoms with E-state index in [4.69, 9.17) is 4.74 Å². The van der Waals surface area contributed by atoms with Crippen molar-refractivity contribution in [2.24, 2.45) is 0 Å². The van der Waals surface area contributed by atoms with Gasteiger partial charge in [-0.3, -0.25) is 0 Å². The molecule has 0 aliphatic carbocycles. The number of carbonyl (C=O) groups is 1. The number of para-hydroxylation sites is 1. The smallest absolute Gasteiger partial charge is 0.332 e. The summed E-state index contributed by atoms with van der Waals surface area (Å²) in [7, 11) is 0. The van der Waals surface area contributed by atoms with Crippen molar-refractivity contribution in [2.75, 3.05) is 11.9 Å². The van der Waals surface area contributed by atoms with Crippen LogP contribution in [0.3, 0.4) is 0 Å². The summed E-state index contributed by atoms with van der Waals surface area (Å²) in [5, 5.41) is 4.24. The number of rotatable bonds is 4. The molecule has 0 amide bonds. The lowest BCUT2D eigenvalue weighted by atomic mass is 10.1. The van der Waals surface area contributed by atoms with Gasteiger partial charge in [-0.15, -0.1) is 0 Å². The molecule has 0 saturated heterocycles. The number of aryl methyl sites for hydroxylation is 1. The van der Waals surface area contributed by atoms with Crippen molar-refractivity contribution in [3.05, 3.63) is 47.7 Å². The molecular weight excluding hydrogens is 252 g/mol. The third kappa shape index (κ3) is 3.35. The fourth-order valence-corrected chi connectivity index (χ4v) is 2.01. The molecule has 0 atom stereocenters. The SMILES string of the molecule is CCOC(=O)C=C(C)Nc1cc(C)c2ccccc2n1. The Labute approximate surface area is 118 Å². The number of carbonyl (C=O) groups excluding carboxylic acids is 1. The summed E-state index contributed by atoms with van der Waals surface area (Å²) in [6.45, 7) is 6.00. The van der Waals surface area contributed by atoms with E-state index < -0.39 is 0 Å². The van der Waals surface area contributed by atoms with Gasteiger partial charge in [0.2, 0.25) is 0 Å². The predicted octanol–water partition coefficient (Wildman–Crippen LogP) is 3.42. The Morgan fingerprint density at radius 3 is 2.90 bits per heavy atom. The van der Waals surface area contributed by atoms with Gasteiger partial charge in [0.05, 0.1) is 12.1 Å². The van der Waals surface area contributed by atoms with Crippen molar-refractivity contribution < 1.29 is 9.53 Å². The lowest BCUT2D eigenvalue weighted by Crippen LogP contribution is -2.05. The average Bonchev–Trinajstić information content (AvgIpc) is 2.38. The molecule has 4 heteroatoms. The highest BCUT2D eigenvalue weighted by atomic mass is 16.5. The number of ether oxygens (including phenoxy) is 1. The summed E-state index contributed by atoms with van der Waals surface area (Å²) >= 11 is 0. The molecule has 4 nitrogen and oxygen atoms in total. The van der Waals surface area contributed by atoms with E-state index >= 15 is 0 Å².